The van der Waals surface area contributed by atoms with Gasteiger partial charge in [-0.2, -0.15) is 4.68 Å². The average Bonchev–Trinajstić information content (AvgIpc) is 3.49. The number of hydrogen-bond acceptors (Lipinski definition) is 9. The first kappa shape index (κ1) is 22.1. The molecule has 5 rings (SSSR count). The maximum absolute atomic E-state index is 12.7. The van der Waals surface area contributed by atoms with E-state index in [1.165, 1.54) is 16.4 Å². The molecule has 2 aromatic heterocycles. The number of sulfone groups is 1. The van der Waals surface area contributed by atoms with Crippen molar-refractivity contribution in [2.75, 3.05) is 31.9 Å². The Hall–Kier alpha value is -2.70. The van der Waals surface area contributed by atoms with Gasteiger partial charge in [0.2, 0.25) is 5.91 Å². The van der Waals surface area contributed by atoms with Gasteiger partial charge in [-0.1, -0.05) is 6.07 Å². The third-order valence-corrected chi connectivity index (χ3v) is 8.43. The summed E-state index contributed by atoms with van der Waals surface area (Å²) >= 11 is 0. The Morgan fingerprint density at radius 1 is 1.24 bits per heavy atom. The van der Waals surface area contributed by atoms with Gasteiger partial charge in [0.25, 0.3) is 0 Å². The van der Waals surface area contributed by atoms with Crippen LogP contribution in [0.2, 0.25) is 0 Å². The molecule has 3 aliphatic heterocycles. The number of carbonyl (C=O) groups excluding carboxylic acids is 1. The zero-order chi connectivity index (χ0) is 23.2. The second-order valence-corrected chi connectivity index (χ2v) is 11.3. The number of allylic oxidation sites excluding steroid dienone is 1. The molecule has 33 heavy (non-hydrogen) atoms. The number of nitrogens with zero attached hydrogens (tertiary/aromatic N) is 7. The van der Waals surface area contributed by atoms with Crippen LogP contribution in [-0.2, 0) is 14.6 Å². The molecule has 0 saturated carbocycles. The Kier molecular flexibility index (Phi) is 5.53. The molecule has 2 saturated heterocycles. The summed E-state index contributed by atoms with van der Waals surface area (Å²) in [5, 5.41) is 23.2. The number of piperidine rings is 1. The number of aryl methyl sites for hydroxylation is 1. The zero-order valence-corrected chi connectivity index (χ0v) is 19.3. The summed E-state index contributed by atoms with van der Waals surface area (Å²) in [6.45, 7) is 4.50. The molecular formula is C21H27N7O4S. The topological polar surface area (TPSA) is 134 Å². The van der Waals surface area contributed by atoms with Gasteiger partial charge >= 0.3 is 0 Å². The molecule has 3 aliphatic rings. The van der Waals surface area contributed by atoms with Gasteiger partial charge in [0.05, 0.1) is 17.3 Å². The van der Waals surface area contributed by atoms with E-state index in [0.717, 1.165) is 37.2 Å². The Morgan fingerprint density at radius 3 is 2.67 bits per heavy atom. The van der Waals surface area contributed by atoms with Crippen LogP contribution in [0, 0.1) is 12.3 Å². The van der Waals surface area contributed by atoms with E-state index < -0.39 is 15.9 Å². The third kappa shape index (κ3) is 4.42. The van der Waals surface area contributed by atoms with Crippen molar-refractivity contribution < 1.29 is 18.3 Å². The number of aromatic nitrogens is 5. The van der Waals surface area contributed by atoms with Crippen molar-refractivity contribution in [2.24, 2.45) is 5.41 Å². The quantitative estimate of drug-likeness (QED) is 0.653. The van der Waals surface area contributed by atoms with Gasteiger partial charge in [0.1, 0.15) is 6.33 Å². The molecular weight excluding hydrogens is 446 g/mol. The predicted molar refractivity (Wildman–Crippen MR) is 118 cm³/mol. The summed E-state index contributed by atoms with van der Waals surface area (Å²) in [5.74, 6) is 0.709. The lowest BCUT2D eigenvalue weighted by Crippen LogP contribution is -2.43. The number of pyridine rings is 1. The van der Waals surface area contributed by atoms with Crippen LogP contribution >= 0.6 is 0 Å². The second kappa shape index (κ2) is 8.26. The number of carbonyl (C=O) groups is 1. The van der Waals surface area contributed by atoms with Gasteiger partial charge in [-0.25, -0.2) is 13.4 Å². The van der Waals surface area contributed by atoms with E-state index in [1.807, 2.05) is 13.0 Å². The van der Waals surface area contributed by atoms with Crippen LogP contribution in [0.25, 0.3) is 5.82 Å². The van der Waals surface area contributed by atoms with Crippen LogP contribution in [0.5, 0.6) is 0 Å². The van der Waals surface area contributed by atoms with E-state index in [-0.39, 0.29) is 17.1 Å². The molecule has 0 aliphatic carbocycles. The zero-order valence-electron chi connectivity index (χ0n) is 18.5. The molecule has 0 aromatic carbocycles. The molecule has 176 valence electrons. The van der Waals surface area contributed by atoms with Crippen molar-refractivity contribution in [1.29, 1.82) is 0 Å². The Labute approximate surface area is 192 Å². The number of aliphatic hydroxyl groups is 1. The molecule has 11 nitrogen and oxygen atoms in total. The lowest BCUT2D eigenvalue weighted by molar-refractivity contribution is -0.126. The smallest absolute Gasteiger partial charge is 0.227 e. The van der Waals surface area contributed by atoms with Crippen molar-refractivity contribution in [3.05, 3.63) is 40.8 Å². The fourth-order valence-electron chi connectivity index (χ4n) is 5.12. The van der Waals surface area contributed by atoms with Gasteiger partial charge in [-0.15, -0.1) is 5.10 Å². The molecule has 0 bridgehead atoms. The van der Waals surface area contributed by atoms with Gasteiger partial charge < -0.3 is 14.9 Å². The first-order chi connectivity index (χ1) is 15.7. The van der Waals surface area contributed by atoms with Crippen molar-refractivity contribution in [2.45, 2.75) is 38.7 Å². The van der Waals surface area contributed by atoms with Gasteiger partial charge in [0.15, 0.2) is 15.7 Å². The van der Waals surface area contributed by atoms with Gasteiger partial charge in [0, 0.05) is 42.9 Å². The first-order valence-electron chi connectivity index (χ1n) is 11.1. The van der Waals surface area contributed by atoms with E-state index in [4.69, 9.17) is 0 Å². The fraction of sp³-hybridized carbons (Fsp3) is 0.571. The molecule has 2 aromatic rings. The average molecular weight is 474 g/mol. The monoisotopic (exact) mass is 473 g/mol. The molecule has 1 atom stereocenters. The molecule has 5 heterocycles. The standard InChI is InChI=1S/C21H27N7O4S/c1-15-17(2-3-19(23-15)28-14-22-24-25-28)18(29)11-26-7-5-21(6-8-26)10-20(30)27(13-21)16-4-9-33(31,32)12-16/h2-3,12,14,18,29H,4-11,13H2,1H3. The van der Waals surface area contributed by atoms with Crippen LogP contribution < -0.4 is 0 Å². The molecule has 1 spiro atoms. The molecule has 0 radical (unpaired) electrons. The van der Waals surface area contributed by atoms with Crippen LogP contribution in [0.1, 0.15) is 43.0 Å². The first-order valence-corrected chi connectivity index (χ1v) is 12.8. The SMILES string of the molecule is Cc1nc(-n2cnnn2)ccc1C(O)CN1CCC2(CC1)CC(=O)N(C1=CS(=O)(=O)CC1)C2. The summed E-state index contributed by atoms with van der Waals surface area (Å²) in [5.41, 5.74) is 2.02. The van der Waals surface area contributed by atoms with Gasteiger partial charge in [-0.3, -0.25) is 4.79 Å². The number of hydrogen-bond donors (Lipinski definition) is 1. The highest BCUT2D eigenvalue weighted by Crippen LogP contribution is 2.43. The van der Waals surface area contributed by atoms with Crippen molar-refractivity contribution in [3.8, 4) is 5.82 Å². The minimum Gasteiger partial charge on any atom is -0.387 e. The Morgan fingerprint density at radius 2 is 2.03 bits per heavy atom. The van der Waals surface area contributed by atoms with Crippen LogP contribution in [0.3, 0.4) is 0 Å². The number of likely N-dealkylation sites (tertiary alicyclic amines) is 2. The molecule has 1 N–H and O–H groups in total. The van der Waals surface area contributed by atoms with Crippen molar-refractivity contribution in [1.82, 2.24) is 35.0 Å². The summed E-state index contributed by atoms with van der Waals surface area (Å²) in [6.07, 6.45) is 3.36. The molecule has 12 heteroatoms. The summed E-state index contributed by atoms with van der Waals surface area (Å²) in [7, 11) is -3.17. The minimum atomic E-state index is -3.17. The van der Waals surface area contributed by atoms with Crippen LogP contribution in [-0.4, -0.2) is 86.4 Å². The van der Waals surface area contributed by atoms with Crippen LogP contribution in [0.15, 0.2) is 29.6 Å². The minimum absolute atomic E-state index is 0.0243. The van der Waals surface area contributed by atoms with Crippen molar-refractivity contribution >= 4 is 15.7 Å². The summed E-state index contributed by atoms with van der Waals surface area (Å²) < 4.78 is 25.0. The lowest BCUT2D eigenvalue weighted by atomic mass is 9.77. The number of β-amino-alcohol motifs (C(OH)–C–C–N with tert-alkyl or cyclic N) is 1. The number of rotatable bonds is 5. The van der Waals surface area contributed by atoms with E-state index in [9.17, 15) is 18.3 Å². The number of aliphatic hydroxyl groups excluding tert-OH is 1. The van der Waals surface area contributed by atoms with E-state index in [0.29, 0.717) is 37.4 Å². The van der Waals surface area contributed by atoms with Crippen LogP contribution in [0.4, 0.5) is 0 Å². The number of tetrazole rings is 1. The van der Waals surface area contributed by atoms with E-state index >= 15 is 0 Å². The Balaban J connectivity index is 1.19. The lowest BCUT2D eigenvalue weighted by Gasteiger charge is -2.39. The highest BCUT2D eigenvalue weighted by Gasteiger charge is 2.46. The maximum Gasteiger partial charge on any atom is 0.227 e. The van der Waals surface area contributed by atoms with Crippen molar-refractivity contribution in [3.63, 3.8) is 0 Å². The normalized spacial score (nSPS) is 23.3. The highest BCUT2D eigenvalue weighted by molar-refractivity contribution is 7.94. The molecule has 2 fully saturated rings. The number of amides is 1. The summed E-state index contributed by atoms with van der Waals surface area (Å²) in [4.78, 5) is 21.1. The second-order valence-electron chi connectivity index (χ2n) is 9.30. The molecule has 1 amide bonds. The maximum atomic E-state index is 12.7. The van der Waals surface area contributed by atoms with E-state index in [1.54, 1.807) is 11.0 Å². The van der Waals surface area contributed by atoms with Gasteiger partial charge in [-0.05, 0) is 54.8 Å². The molecule has 1 unspecified atom stereocenters. The highest BCUT2D eigenvalue weighted by atomic mass is 32.2. The third-order valence-electron chi connectivity index (χ3n) is 7.03. The summed E-state index contributed by atoms with van der Waals surface area (Å²) in [6, 6.07) is 3.64. The Bertz CT molecular complexity index is 1190. The fourth-order valence-corrected chi connectivity index (χ4v) is 6.39. The largest absolute Gasteiger partial charge is 0.387 e. The van der Waals surface area contributed by atoms with E-state index in [2.05, 4.69) is 25.4 Å². The predicted octanol–water partition coefficient (Wildman–Crippen LogP) is 0.374.